The number of carbonyl (C=O) groups excluding carboxylic acids is 2. The van der Waals surface area contributed by atoms with Crippen molar-refractivity contribution < 1.29 is 9.59 Å². The summed E-state index contributed by atoms with van der Waals surface area (Å²) in [4.78, 5) is 35.7. The Morgan fingerprint density at radius 1 is 1.36 bits per heavy atom. The molecule has 0 unspecified atom stereocenters. The van der Waals surface area contributed by atoms with Gasteiger partial charge in [0.1, 0.15) is 5.82 Å². The Balaban J connectivity index is 1.41. The quantitative estimate of drug-likeness (QED) is 0.709. The number of nitrogens with one attached hydrogen (secondary N) is 2. The minimum Gasteiger partial charge on any atom is -0.359 e. The maximum atomic E-state index is 12.8. The van der Waals surface area contributed by atoms with Crippen LogP contribution >= 0.6 is 11.3 Å². The molecule has 7 nitrogen and oxygen atoms in total. The highest BCUT2D eigenvalue weighted by atomic mass is 32.1. The lowest BCUT2D eigenvalue weighted by atomic mass is 10.1. The Hall–Kier alpha value is -3.00. The van der Waals surface area contributed by atoms with Crippen LogP contribution in [0.4, 0.5) is 17.2 Å². The molecule has 0 atom stereocenters. The van der Waals surface area contributed by atoms with Gasteiger partial charge >= 0.3 is 0 Å². The summed E-state index contributed by atoms with van der Waals surface area (Å²) in [5, 5.41) is 6.93. The highest BCUT2D eigenvalue weighted by Crippen LogP contribution is 2.35. The van der Waals surface area contributed by atoms with E-state index in [1.54, 1.807) is 22.3 Å². The number of hydrogen-bond donors (Lipinski definition) is 2. The van der Waals surface area contributed by atoms with Gasteiger partial charge in [0.25, 0.3) is 5.91 Å². The summed E-state index contributed by atoms with van der Waals surface area (Å²) in [6.45, 7) is 2.90. The molecule has 2 amide bonds. The summed E-state index contributed by atoms with van der Waals surface area (Å²) in [5.74, 6) is 0.964. The lowest BCUT2D eigenvalue weighted by molar-refractivity contribution is -0.117. The molecule has 3 aromatic rings. The lowest BCUT2D eigenvalue weighted by Crippen LogP contribution is -2.41. The SMILES string of the molecule is Cc1nc2cc(NC(=O)c3cnc4c(c3)N(CC3CC3)C(=O)CN4)ccc2s1. The van der Waals surface area contributed by atoms with Crippen molar-refractivity contribution in [2.45, 2.75) is 19.8 Å². The molecule has 0 radical (unpaired) electrons. The summed E-state index contributed by atoms with van der Waals surface area (Å²) in [5.41, 5.74) is 2.66. The van der Waals surface area contributed by atoms with Gasteiger partial charge in [-0.05, 0) is 49.9 Å². The average molecular weight is 393 g/mol. The minimum atomic E-state index is -0.258. The number of aryl methyl sites for hydroxylation is 1. The van der Waals surface area contributed by atoms with E-state index in [1.807, 2.05) is 25.1 Å². The highest BCUT2D eigenvalue weighted by molar-refractivity contribution is 7.18. The number of thiazole rings is 1. The molecule has 0 bridgehead atoms. The van der Waals surface area contributed by atoms with Crippen LogP contribution in [-0.4, -0.2) is 34.9 Å². The van der Waals surface area contributed by atoms with Gasteiger partial charge in [-0.1, -0.05) is 0 Å². The van der Waals surface area contributed by atoms with Crippen molar-refractivity contribution in [1.29, 1.82) is 0 Å². The predicted molar refractivity (Wildman–Crippen MR) is 110 cm³/mol. The number of benzene rings is 1. The Labute approximate surface area is 165 Å². The van der Waals surface area contributed by atoms with E-state index in [9.17, 15) is 9.59 Å². The van der Waals surface area contributed by atoms with Crippen LogP contribution in [0, 0.1) is 12.8 Å². The van der Waals surface area contributed by atoms with E-state index in [0.717, 1.165) is 28.1 Å². The van der Waals surface area contributed by atoms with E-state index in [1.165, 1.54) is 6.20 Å². The second-order valence-corrected chi connectivity index (χ2v) is 8.50. The number of rotatable bonds is 4. The molecule has 1 fully saturated rings. The van der Waals surface area contributed by atoms with Crippen LogP contribution in [0.1, 0.15) is 28.2 Å². The minimum absolute atomic E-state index is 0.0168. The summed E-state index contributed by atoms with van der Waals surface area (Å²) in [6, 6.07) is 7.44. The van der Waals surface area contributed by atoms with Crippen molar-refractivity contribution in [2.75, 3.05) is 28.6 Å². The van der Waals surface area contributed by atoms with Crippen LogP contribution in [0.25, 0.3) is 10.2 Å². The number of fused-ring (bicyclic) bond motifs is 2. The maximum Gasteiger partial charge on any atom is 0.257 e. The second-order valence-electron chi connectivity index (χ2n) is 7.26. The van der Waals surface area contributed by atoms with Gasteiger partial charge in [-0.2, -0.15) is 0 Å². The average Bonchev–Trinajstić information content (AvgIpc) is 3.42. The highest BCUT2D eigenvalue weighted by Gasteiger charge is 2.32. The molecular formula is C20H19N5O2S. The van der Waals surface area contributed by atoms with E-state index in [-0.39, 0.29) is 18.4 Å². The standard InChI is InChI=1S/C20H19N5O2S/c1-11-23-15-7-14(4-5-17(15)28-11)24-20(27)13-6-16-19(21-8-13)22-9-18(26)25(16)10-12-2-3-12/h4-8,12H,2-3,9-10H2,1H3,(H,21,22)(H,24,27). The van der Waals surface area contributed by atoms with Crippen LogP contribution in [0.3, 0.4) is 0 Å². The molecule has 2 aromatic heterocycles. The first kappa shape index (κ1) is 17.1. The van der Waals surface area contributed by atoms with Crippen LogP contribution in [-0.2, 0) is 4.79 Å². The Morgan fingerprint density at radius 3 is 3.04 bits per heavy atom. The van der Waals surface area contributed by atoms with Gasteiger partial charge in [0.2, 0.25) is 5.91 Å². The zero-order valence-electron chi connectivity index (χ0n) is 15.4. The summed E-state index contributed by atoms with van der Waals surface area (Å²) in [6.07, 6.45) is 3.84. The third-order valence-electron chi connectivity index (χ3n) is 5.02. The maximum absolute atomic E-state index is 12.8. The number of anilines is 3. The van der Waals surface area contributed by atoms with Crippen molar-refractivity contribution >= 4 is 50.6 Å². The van der Waals surface area contributed by atoms with Crippen molar-refractivity contribution in [2.24, 2.45) is 5.92 Å². The summed E-state index contributed by atoms with van der Waals surface area (Å²) in [7, 11) is 0. The van der Waals surface area contributed by atoms with E-state index >= 15 is 0 Å². The van der Waals surface area contributed by atoms with Gasteiger partial charge in [-0.25, -0.2) is 9.97 Å². The molecule has 1 aromatic carbocycles. The molecule has 0 saturated heterocycles. The molecule has 3 heterocycles. The normalized spacial score (nSPS) is 16.0. The molecule has 2 aliphatic rings. The molecule has 8 heteroatoms. The van der Waals surface area contributed by atoms with Gasteiger partial charge < -0.3 is 15.5 Å². The Kier molecular flexibility index (Phi) is 4.01. The molecule has 1 saturated carbocycles. The van der Waals surface area contributed by atoms with Crippen LogP contribution in [0.5, 0.6) is 0 Å². The molecule has 1 aliphatic carbocycles. The first-order chi connectivity index (χ1) is 13.6. The van der Waals surface area contributed by atoms with E-state index in [0.29, 0.717) is 35.2 Å². The zero-order valence-corrected chi connectivity index (χ0v) is 16.2. The number of nitrogens with zero attached hydrogens (tertiary/aromatic N) is 3. The third kappa shape index (κ3) is 3.20. The lowest BCUT2D eigenvalue weighted by Gasteiger charge is -2.29. The first-order valence-electron chi connectivity index (χ1n) is 9.29. The first-order valence-corrected chi connectivity index (χ1v) is 10.1. The van der Waals surface area contributed by atoms with E-state index in [2.05, 4.69) is 20.6 Å². The summed E-state index contributed by atoms with van der Waals surface area (Å²) >= 11 is 1.62. The van der Waals surface area contributed by atoms with Crippen LogP contribution < -0.4 is 15.5 Å². The van der Waals surface area contributed by atoms with Crippen molar-refractivity contribution in [3.05, 3.63) is 41.0 Å². The largest absolute Gasteiger partial charge is 0.359 e. The molecule has 5 rings (SSSR count). The molecule has 28 heavy (non-hydrogen) atoms. The van der Waals surface area contributed by atoms with Crippen LogP contribution in [0.15, 0.2) is 30.5 Å². The number of hydrogen-bond acceptors (Lipinski definition) is 6. The van der Waals surface area contributed by atoms with Gasteiger partial charge in [-0.15, -0.1) is 11.3 Å². The number of carbonyl (C=O) groups is 2. The zero-order chi connectivity index (χ0) is 19.3. The molecular weight excluding hydrogens is 374 g/mol. The monoisotopic (exact) mass is 393 g/mol. The molecule has 0 spiro atoms. The fourth-order valence-corrected chi connectivity index (χ4v) is 4.20. The van der Waals surface area contributed by atoms with Gasteiger partial charge in [-0.3, -0.25) is 9.59 Å². The van der Waals surface area contributed by atoms with Crippen molar-refractivity contribution in [1.82, 2.24) is 9.97 Å². The van der Waals surface area contributed by atoms with Gasteiger partial charge in [0, 0.05) is 18.4 Å². The van der Waals surface area contributed by atoms with Crippen molar-refractivity contribution in [3.63, 3.8) is 0 Å². The summed E-state index contributed by atoms with van der Waals surface area (Å²) < 4.78 is 1.09. The molecule has 2 N–H and O–H groups in total. The van der Waals surface area contributed by atoms with E-state index < -0.39 is 0 Å². The van der Waals surface area contributed by atoms with Crippen molar-refractivity contribution in [3.8, 4) is 0 Å². The van der Waals surface area contributed by atoms with Gasteiger partial charge in [0.15, 0.2) is 0 Å². The topological polar surface area (TPSA) is 87.2 Å². The number of amides is 2. The van der Waals surface area contributed by atoms with Crippen LogP contribution in [0.2, 0.25) is 0 Å². The fraction of sp³-hybridized carbons (Fsp3) is 0.300. The fourth-order valence-electron chi connectivity index (χ4n) is 3.39. The Bertz CT molecular complexity index is 1110. The smallest absolute Gasteiger partial charge is 0.257 e. The molecule has 1 aliphatic heterocycles. The second kappa shape index (κ2) is 6.56. The predicted octanol–water partition coefficient (Wildman–Crippen LogP) is 3.42. The third-order valence-corrected chi connectivity index (χ3v) is 5.97. The number of aromatic nitrogens is 2. The van der Waals surface area contributed by atoms with E-state index in [4.69, 9.17) is 0 Å². The number of pyridine rings is 1. The molecule has 142 valence electrons. The Morgan fingerprint density at radius 2 is 2.21 bits per heavy atom. The van der Waals surface area contributed by atoms with Gasteiger partial charge in [0.05, 0.1) is 33.0 Å².